The molecule has 0 unspecified atom stereocenters. The van der Waals surface area contributed by atoms with Crippen molar-refractivity contribution < 1.29 is 53.1 Å². The monoisotopic (exact) mass is 230 g/mol. The van der Waals surface area contributed by atoms with Crippen molar-refractivity contribution in [3.63, 3.8) is 0 Å². The van der Waals surface area contributed by atoms with Crippen LogP contribution in [-0.2, 0) is 53.1 Å². The normalized spacial score (nSPS) is 1.00. The van der Waals surface area contributed by atoms with E-state index >= 15 is 0 Å². The first-order chi connectivity index (χ1) is 1.00. The van der Waals surface area contributed by atoms with Gasteiger partial charge in [-0.1, -0.05) is 0 Å². The van der Waals surface area contributed by atoms with Gasteiger partial charge >= 0.3 is 19.3 Å². The Morgan fingerprint density at radius 1 is 1.17 bits per heavy atom. The van der Waals surface area contributed by atoms with Crippen LogP contribution in [0.25, 0.3) is 0 Å². The van der Waals surface area contributed by atoms with Crippen LogP contribution in [0.15, 0.2) is 0 Å². The zero-order chi connectivity index (χ0) is 2.00. The van der Waals surface area contributed by atoms with E-state index in [4.69, 9.17) is 3.90 Å². The molecule has 0 aliphatic rings. The van der Waals surface area contributed by atoms with E-state index in [2.05, 4.69) is 15.4 Å². The predicted molar refractivity (Wildman–Crippen MR) is 12.2 cm³/mol. The number of rotatable bonds is 0. The van der Waals surface area contributed by atoms with Crippen LogP contribution in [0.2, 0.25) is 0 Å². The SMILES string of the molecule is [Al].[Co].[Cu].[Li].[O]=[Ni]. The average molecular weight is 231 g/mol. The molecule has 0 fully saturated rings. The van der Waals surface area contributed by atoms with Gasteiger partial charge in [-0.15, -0.1) is 0 Å². The molecule has 6 heteroatoms. The molecule has 0 bridgehead atoms. The number of hydrogen-bond donors (Lipinski definition) is 0. The summed E-state index contributed by atoms with van der Waals surface area (Å²) < 4.78 is 7.88. The van der Waals surface area contributed by atoms with Gasteiger partial charge in [0.15, 0.2) is 0 Å². The Hall–Kier alpha value is 2.45. The molecule has 0 saturated carbocycles. The standard InChI is InChI=1S/Al.Co.Cu.Li.Ni.O. The molecule has 0 heterocycles. The van der Waals surface area contributed by atoms with Crippen molar-refractivity contribution in [3.05, 3.63) is 0 Å². The summed E-state index contributed by atoms with van der Waals surface area (Å²) in [6.07, 6.45) is 0. The van der Waals surface area contributed by atoms with Crippen molar-refractivity contribution >= 4 is 36.2 Å². The van der Waals surface area contributed by atoms with Crippen LogP contribution in [0.4, 0.5) is 0 Å². The summed E-state index contributed by atoms with van der Waals surface area (Å²) in [5.41, 5.74) is 0. The summed E-state index contributed by atoms with van der Waals surface area (Å²) in [5.74, 6) is 0. The van der Waals surface area contributed by atoms with Gasteiger partial charge in [-0.25, -0.2) is 0 Å². The van der Waals surface area contributed by atoms with E-state index in [0.29, 0.717) is 0 Å². The van der Waals surface area contributed by atoms with E-state index in [1.54, 1.807) is 0 Å². The Morgan fingerprint density at radius 2 is 1.17 bits per heavy atom. The molecule has 0 amide bonds. The van der Waals surface area contributed by atoms with E-state index in [-0.39, 0.29) is 70.1 Å². The van der Waals surface area contributed by atoms with Crippen LogP contribution in [0.5, 0.6) is 0 Å². The molecule has 0 aromatic rings. The summed E-state index contributed by atoms with van der Waals surface area (Å²) in [6.45, 7) is 0. The fraction of sp³-hybridized carbons (Fsp3) is 0. The van der Waals surface area contributed by atoms with Crippen molar-refractivity contribution in [1.82, 2.24) is 0 Å². The maximum atomic E-state index is 7.88. The second-order valence-corrected chi connectivity index (χ2v) is 0. The summed E-state index contributed by atoms with van der Waals surface area (Å²) in [6, 6.07) is 0. The van der Waals surface area contributed by atoms with Gasteiger partial charge in [0.05, 0.1) is 0 Å². The van der Waals surface area contributed by atoms with Gasteiger partial charge in [-0.2, -0.15) is 0 Å². The molecule has 0 aliphatic heterocycles. The zero-order valence-electron chi connectivity index (χ0n) is 2.94. The van der Waals surface area contributed by atoms with Gasteiger partial charge in [0, 0.05) is 70.1 Å². The summed E-state index contributed by atoms with van der Waals surface area (Å²) in [5, 5.41) is 0. The van der Waals surface area contributed by atoms with E-state index in [9.17, 15) is 0 Å². The topological polar surface area (TPSA) is 17.1 Å². The molecule has 0 aromatic heterocycles. The Morgan fingerprint density at radius 3 is 1.17 bits per heavy atom. The van der Waals surface area contributed by atoms with E-state index in [0.717, 1.165) is 0 Å². The quantitative estimate of drug-likeness (QED) is 0.494. The molecule has 0 N–H and O–H groups in total. The Labute approximate surface area is 88.3 Å². The van der Waals surface area contributed by atoms with Crippen molar-refractivity contribution in [3.8, 4) is 0 Å². The Bertz CT molecular complexity index is 15.5. The van der Waals surface area contributed by atoms with Crippen LogP contribution in [0.1, 0.15) is 0 Å². The molecule has 0 aromatic carbocycles. The van der Waals surface area contributed by atoms with Crippen molar-refractivity contribution in [2.24, 2.45) is 0 Å². The Balaban J connectivity index is -0.000000000833. The fourth-order valence-electron chi connectivity index (χ4n) is 0. The van der Waals surface area contributed by atoms with Crippen LogP contribution in [0.3, 0.4) is 0 Å². The first-order valence-electron chi connectivity index (χ1n) is 0.129. The first-order valence-corrected chi connectivity index (χ1v) is 0.532. The fourth-order valence-corrected chi connectivity index (χ4v) is 0. The van der Waals surface area contributed by atoms with E-state index in [1.165, 1.54) is 0 Å². The third-order valence-corrected chi connectivity index (χ3v) is 0. The molecule has 0 aliphatic carbocycles. The van der Waals surface area contributed by atoms with Crippen molar-refractivity contribution in [1.29, 1.82) is 0 Å². The second-order valence-electron chi connectivity index (χ2n) is 0. The molecule has 0 spiro atoms. The molecule has 0 atom stereocenters. The predicted octanol–water partition coefficient (Wildman–Crippen LogP) is -0.888. The molecule has 1 nitrogen and oxygen atoms in total. The third kappa shape index (κ3) is 31.9. The van der Waals surface area contributed by atoms with Gasteiger partial charge in [0.1, 0.15) is 0 Å². The average Bonchev–Trinajstić information content (AvgIpc) is 1.00. The summed E-state index contributed by atoms with van der Waals surface area (Å²) >= 11 is 2.62. The third-order valence-electron chi connectivity index (χ3n) is 0. The van der Waals surface area contributed by atoms with Gasteiger partial charge in [0.2, 0.25) is 0 Å². The molecule has 40 valence electrons. The molecular formula is AlCoCuLiNiO. The van der Waals surface area contributed by atoms with Gasteiger partial charge in [-0.05, 0) is 0 Å². The minimum atomic E-state index is 0. The second kappa shape index (κ2) is 51.6. The van der Waals surface area contributed by atoms with Crippen molar-refractivity contribution in [2.75, 3.05) is 0 Å². The maximum absolute atomic E-state index is 7.88. The van der Waals surface area contributed by atoms with Gasteiger partial charge < -0.3 is 0 Å². The van der Waals surface area contributed by atoms with Crippen LogP contribution < -0.4 is 0 Å². The summed E-state index contributed by atoms with van der Waals surface area (Å²) in [7, 11) is 0. The van der Waals surface area contributed by atoms with Gasteiger partial charge in [-0.3, -0.25) is 0 Å². The minimum absolute atomic E-state index is 0. The zero-order valence-corrected chi connectivity index (χ0v) is 7.06. The molecule has 6 heavy (non-hydrogen) atoms. The number of hydrogen-bond acceptors (Lipinski definition) is 1. The molecule has 0 rings (SSSR count). The van der Waals surface area contributed by atoms with E-state index < -0.39 is 0 Å². The van der Waals surface area contributed by atoms with E-state index in [1.807, 2.05) is 0 Å². The van der Waals surface area contributed by atoms with Crippen molar-refractivity contribution in [2.45, 2.75) is 0 Å². The van der Waals surface area contributed by atoms with Crippen LogP contribution >= 0.6 is 0 Å². The Kier molecular flexibility index (Phi) is 339. The van der Waals surface area contributed by atoms with Crippen LogP contribution in [0, 0.1) is 0 Å². The van der Waals surface area contributed by atoms with Gasteiger partial charge in [0.25, 0.3) is 0 Å². The molecular weight excluding hydrogens is 231 g/mol. The summed E-state index contributed by atoms with van der Waals surface area (Å²) in [4.78, 5) is 0. The molecule has 6 radical (unpaired) electrons. The first kappa shape index (κ1) is 39.4. The molecule has 0 saturated heterocycles. The van der Waals surface area contributed by atoms with Crippen LogP contribution in [-0.4, -0.2) is 36.2 Å².